The number of benzene rings is 1. The first-order chi connectivity index (χ1) is 18.6. The number of halogens is 5. The molecule has 5 rings (SSSR count). The molecule has 10 nitrogen and oxygen atoms in total. The van der Waals surface area contributed by atoms with Gasteiger partial charge in [-0.2, -0.15) is 18.3 Å². The summed E-state index contributed by atoms with van der Waals surface area (Å²) in [4.78, 5) is 36.0. The summed E-state index contributed by atoms with van der Waals surface area (Å²) in [5, 5.41) is 8.03. The van der Waals surface area contributed by atoms with Crippen LogP contribution in [0.25, 0.3) is 16.6 Å². The van der Waals surface area contributed by atoms with E-state index in [-0.39, 0.29) is 28.3 Å². The SMILES string of the molecule is Cc1cn2cc(N(OC(=O)C(F)(F)F)C(=O)c3ccc(N4CCNCC4)c4cn(CCF)nc34)cc(F)c2n1. The van der Waals surface area contributed by atoms with Gasteiger partial charge in [0.1, 0.15) is 17.9 Å². The highest BCUT2D eigenvalue weighted by Gasteiger charge is 2.44. The van der Waals surface area contributed by atoms with Crippen LogP contribution in [0.2, 0.25) is 0 Å². The molecule has 4 heterocycles. The van der Waals surface area contributed by atoms with E-state index < -0.39 is 36.2 Å². The Morgan fingerprint density at radius 3 is 2.59 bits per heavy atom. The number of imidazole rings is 1. The lowest BCUT2D eigenvalue weighted by atomic mass is 10.1. The van der Waals surface area contributed by atoms with Crippen LogP contribution in [0.1, 0.15) is 16.1 Å². The molecule has 1 aliphatic rings. The van der Waals surface area contributed by atoms with Crippen LogP contribution in [0.3, 0.4) is 0 Å². The molecule has 0 unspecified atom stereocenters. The van der Waals surface area contributed by atoms with Crippen molar-refractivity contribution in [2.45, 2.75) is 19.6 Å². The Bertz CT molecular complexity index is 1560. The molecule has 1 aromatic carbocycles. The van der Waals surface area contributed by atoms with Crippen LogP contribution in [-0.2, 0) is 16.2 Å². The Balaban J connectivity index is 1.64. The summed E-state index contributed by atoms with van der Waals surface area (Å²) in [6, 6.07) is 3.66. The van der Waals surface area contributed by atoms with Gasteiger partial charge in [-0.25, -0.2) is 18.6 Å². The van der Waals surface area contributed by atoms with Gasteiger partial charge in [0, 0.05) is 61.9 Å². The van der Waals surface area contributed by atoms with Crippen LogP contribution in [0.5, 0.6) is 0 Å². The van der Waals surface area contributed by atoms with Crippen molar-refractivity contribution in [1.29, 1.82) is 0 Å². The largest absolute Gasteiger partial charge is 0.493 e. The van der Waals surface area contributed by atoms with Gasteiger partial charge >= 0.3 is 12.1 Å². The molecule has 39 heavy (non-hydrogen) atoms. The number of pyridine rings is 1. The highest BCUT2D eigenvalue weighted by atomic mass is 19.4. The predicted molar refractivity (Wildman–Crippen MR) is 130 cm³/mol. The number of hydroxylamine groups is 1. The Morgan fingerprint density at radius 1 is 1.15 bits per heavy atom. The molecule has 4 aromatic rings. The minimum absolute atomic E-state index is 0.0533. The number of hydrogen-bond acceptors (Lipinski definition) is 7. The molecular weight excluding hydrogens is 529 g/mol. The quantitative estimate of drug-likeness (QED) is 0.301. The van der Waals surface area contributed by atoms with Crippen LogP contribution in [-0.4, -0.2) is 70.1 Å². The molecule has 0 saturated carbocycles. The third-order valence-electron chi connectivity index (χ3n) is 6.14. The van der Waals surface area contributed by atoms with Crippen LogP contribution in [0, 0.1) is 12.7 Å². The van der Waals surface area contributed by atoms with Gasteiger partial charge in [-0.1, -0.05) is 0 Å². The second-order valence-electron chi connectivity index (χ2n) is 8.85. The molecule has 0 atom stereocenters. The molecule has 0 bridgehead atoms. The number of rotatable bonds is 5. The molecule has 206 valence electrons. The van der Waals surface area contributed by atoms with Crippen molar-refractivity contribution in [1.82, 2.24) is 24.5 Å². The van der Waals surface area contributed by atoms with Gasteiger partial charge in [0.2, 0.25) is 0 Å². The smallest absolute Gasteiger partial charge is 0.368 e. The molecule has 1 N–H and O–H groups in total. The fraction of sp³-hybridized carbons (Fsp3) is 0.333. The van der Waals surface area contributed by atoms with E-state index in [9.17, 15) is 31.5 Å². The highest BCUT2D eigenvalue weighted by molar-refractivity contribution is 6.14. The first-order valence-electron chi connectivity index (χ1n) is 11.9. The van der Waals surface area contributed by atoms with Gasteiger partial charge in [-0.15, -0.1) is 5.06 Å². The number of amides is 1. The zero-order valence-corrected chi connectivity index (χ0v) is 20.5. The van der Waals surface area contributed by atoms with Crippen LogP contribution >= 0.6 is 0 Å². The van der Waals surface area contributed by atoms with Crippen molar-refractivity contribution < 1.29 is 36.4 Å². The number of hydrogen-bond donors (Lipinski definition) is 1. The number of fused-ring (bicyclic) bond motifs is 2. The molecular formula is C24H22F5N7O3. The van der Waals surface area contributed by atoms with Crippen molar-refractivity contribution in [3.8, 4) is 0 Å². The number of aromatic nitrogens is 4. The van der Waals surface area contributed by atoms with E-state index in [1.807, 2.05) is 4.90 Å². The number of anilines is 2. The van der Waals surface area contributed by atoms with Gasteiger partial charge in [0.05, 0.1) is 17.8 Å². The number of alkyl halides is 4. The molecule has 3 aromatic heterocycles. The number of aryl methyl sites for hydroxylation is 2. The molecule has 1 saturated heterocycles. The van der Waals surface area contributed by atoms with Crippen LogP contribution in [0.4, 0.5) is 33.3 Å². The fourth-order valence-corrected chi connectivity index (χ4v) is 4.43. The standard InChI is InChI=1S/C24H22F5N7O3/c1-14-11-34-12-15(10-18(26)21(34)31-14)36(39-23(38)24(27,28)29)22(37)16-2-3-19(33-8-5-30-6-9-33)17-13-35(7-4-25)32-20(16)17/h2-3,10-13,30H,4-9H2,1H3. The fourth-order valence-electron chi connectivity index (χ4n) is 4.43. The number of piperazine rings is 1. The Morgan fingerprint density at radius 2 is 1.90 bits per heavy atom. The molecule has 15 heteroatoms. The maximum Gasteiger partial charge on any atom is 0.493 e. The van der Waals surface area contributed by atoms with E-state index in [2.05, 4.69) is 20.2 Å². The summed E-state index contributed by atoms with van der Waals surface area (Å²) in [5.74, 6) is -4.87. The van der Waals surface area contributed by atoms with Crippen LogP contribution < -0.4 is 15.3 Å². The van der Waals surface area contributed by atoms with E-state index in [0.29, 0.717) is 42.9 Å². The van der Waals surface area contributed by atoms with Crippen molar-refractivity contribution >= 4 is 39.8 Å². The lowest BCUT2D eigenvalue weighted by Crippen LogP contribution is -2.43. The second-order valence-corrected chi connectivity index (χ2v) is 8.85. The summed E-state index contributed by atoms with van der Waals surface area (Å²) in [7, 11) is 0. The summed E-state index contributed by atoms with van der Waals surface area (Å²) in [6.07, 6.45) is -1.42. The topological polar surface area (TPSA) is 97.0 Å². The van der Waals surface area contributed by atoms with Crippen molar-refractivity contribution in [2.75, 3.05) is 42.8 Å². The van der Waals surface area contributed by atoms with Crippen molar-refractivity contribution in [2.24, 2.45) is 0 Å². The normalized spacial score (nSPS) is 14.3. The number of nitrogens with one attached hydrogen (secondary N) is 1. The minimum atomic E-state index is -5.45. The first kappa shape index (κ1) is 26.3. The Kier molecular flexibility index (Phi) is 6.84. The van der Waals surface area contributed by atoms with Crippen LogP contribution in [0.15, 0.2) is 36.8 Å². The Labute approximate surface area is 217 Å². The molecule has 1 amide bonds. The highest BCUT2D eigenvalue weighted by Crippen LogP contribution is 2.32. The maximum absolute atomic E-state index is 14.8. The zero-order chi connectivity index (χ0) is 27.9. The second kappa shape index (κ2) is 10.1. The van der Waals surface area contributed by atoms with E-state index in [0.717, 1.165) is 16.7 Å². The molecule has 1 aliphatic heterocycles. The number of carbonyl (C=O) groups is 2. The predicted octanol–water partition coefficient (Wildman–Crippen LogP) is 3.18. The monoisotopic (exact) mass is 551 g/mol. The van der Waals surface area contributed by atoms with E-state index in [4.69, 9.17) is 0 Å². The van der Waals surface area contributed by atoms with Gasteiger partial charge in [-0.05, 0) is 19.1 Å². The van der Waals surface area contributed by atoms with E-state index in [1.165, 1.54) is 23.1 Å². The average molecular weight is 551 g/mol. The molecule has 0 aliphatic carbocycles. The molecule has 0 spiro atoms. The molecule has 0 radical (unpaired) electrons. The van der Waals surface area contributed by atoms with Crippen molar-refractivity contribution in [3.05, 3.63) is 53.9 Å². The lowest BCUT2D eigenvalue weighted by molar-refractivity contribution is -0.200. The number of carbonyl (C=O) groups excluding carboxylic acids is 2. The summed E-state index contributed by atoms with van der Waals surface area (Å²) in [6.45, 7) is 3.36. The Hall–Kier alpha value is -4.27. The van der Waals surface area contributed by atoms with E-state index >= 15 is 0 Å². The van der Waals surface area contributed by atoms with Gasteiger partial charge in [0.15, 0.2) is 11.5 Å². The van der Waals surface area contributed by atoms with Gasteiger partial charge < -0.3 is 19.5 Å². The third kappa shape index (κ3) is 5.08. The summed E-state index contributed by atoms with van der Waals surface area (Å²) < 4.78 is 69.9. The lowest BCUT2D eigenvalue weighted by Gasteiger charge is -2.30. The third-order valence-corrected chi connectivity index (χ3v) is 6.14. The van der Waals surface area contributed by atoms with E-state index in [1.54, 1.807) is 13.0 Å². The first-order valence-corrected chi connectivity index (χ1v) is 11.9. The zero-order valence-electron chi connectivity index (χ0n) is 20.5. The average Bonchev–Trinajstić information content (AvgIpc) is 3.49. The summed E-state index contributed by atoms with van der Waals surface area (Å²) in [5.41, 5.74) is 0.269. The number of nitrogens with zero attached hydrogens (tertiary/aromatic N) is 6. The van der Waals surface area contributed by atoms with Gasteiger partial charge in [-0.3, -0.25) is 9.48 Å². The molecule has 1 fully saturated rings. The van der Waals surface area contributed by atoms with Gasteiger partial charge in [0.25, 0.3) is 5.91 Å². The minimum Gasteiger partial charge on any atom is -0.368 e. The van der Waals surface area contributed by atoms with Crippen molar-refractivity contribution in [3.63, 3.8) is 0 Å². The maximum atomic E-state index is 14.8. The summed E-state index contributed by atoms with van der Waals surface area (Å²) >= 11 is 0.